The molecule has 2 aromatic carbocycles. The standard InChI is InChI=1S/C13H12O3/c14-8-9-1-3-10(4-2-9)12-7-11(15)5-6-13(12)16/h1-7,14-16H,8H2. The molecule has 0 spiro atoms. The number of aromatic hydroxyl groups is 2. The summed E-state index contributed by atoms with van der Waals surface area (Å²) in [5.41, 5.74) is 2.18. The van der Waals surface area contributed by atoms with Crippen molar-refractivity contribution in [2.24, 2.45) is 0 Å². The second kappa shape index (κ2) is 4.24. The Morgan fingerprint density at radius 3 is 2.19 bits per heavy atom. The lowest BCUT2D eigenvalue weighted by atomic mass is 10.0. The van der Waals surface area contributed by atoms with E-state index in [9.17, 15) is 10.2 Å². The summed E-state index contributed by atoms with van der Waals surface area (Å²) in [6.07, 6.45) is 0. The molecular weight excluding hydrogens is 204 g/mol. The predicted octanol–water partition coefficient (Wildman–Crippen LogP) is 2.26. The lowest BCUT2D eigenvalue weighted by molar-refractivity contribution is 0.282. The van der Waals surface area contributed by atoms with Crippen LogP contribution in [0.3, 0.4) is 0 Å². The van der Waals surface area contributed by atoms with E-state index in [4.69, 9.17) is 5.11 Å². The minimum Gasteiger partial charge on any atom is -0.508 e. The molecule has 0 aliphatic rings. The van der Waals surface area contributed by atoms with E-state index < -0.39 is 0 Å². The Bertz CT molecular complexity index is 489. The molecule has 0 amide bonds. The third-order valence-electron chi connectivity index (χ3n) is 2.43. The molecule has 0 saturated carbocycles. The predicted molar refractivity (Wildman–Crippen MR) is 61.1 cm³/mol. The number of aliphatic hydroxyl groups excluding tert-OH is 1. The first kappa shape index (κ1) is 10.5. The summed E-state index contributed by atoms with van der Waals surface area (Å²) in [5.74, 6) is 0.230. The fourth-order valence-corrected chi connectivity index (χ4v) is 1.54. The van der Waals surface area contributed by atoms with E-state index in [0.717, 1.165) is 11.1 Å². The van der Waals surface area contributed by atoms with Crippen LogP contribution in [0.15, 0.2) is 42.5 Å². The van der Waals surface area contributed by atoms with Gasteiger partial charge in [-0.1, -0.05) is 24.3 Å². The number of aliphatic hydroxyl groups is 1. The normalized spacial score (nSPS) is 10.3. The van der Waals surface area contributed by atoms with Crippen molar-refractivity contribution in [3.63, 3.8) is 0 Å². The third kappa shape index (κ3) is 1.99. The van der Waals surface area contributed by atoms with Crippen LogP contribution in [0.1, 0.15) is 5.56 Å². The lowest BCUT2D eigenvalue weighted by Crippen LogP contribution is -1.83. The van der Waals surface area contributed by atoms with E-state index in [-0.39, 0.29) is 18.1 Å². The SMILES string of the molecule is OCc1ccc(-c2cc(O)ccc2O)cc1. The van der Waals surface area contributed by atoms with Gasteiger partial charge in [-0.3, -0.25) is 0 Å². The van der Waals surface area contributed by atoms with Crippen molar-refractivity contribution in [3.05, 3.63) is 48.0 Å². The zero-order chi connectivity index (χ0) is 11.5. The maximum atomic E-state index is 9.65. The largest absolute Gasteiger partial charge is 0.508 e. The van der Waals surface area contributed by atoms with Gasteiger partial charge in [0.15, 0.2) is 0 Å². The minimum absolute atomic E-state index is 0.00764. The molecule has 0 bridgehead atoms. The molecule has 0 fully saturated rings. The molecule has 2 aromatic rings. The molecule has 3 nitrogen and oxygen atoms in total. The Morgan fingerprint density at radius 2 is 1.56 bits per heavy atom. The fraction of sp³-hybridized carbons (Fsp3) is 0.0769. The lowest BCUT2D eigenvalue weighted by Gasteiger charge is -2.06. The van der Waals surface area contributed by atoms with E-state index in [2.05, 4.69) is 0 Å². The van der Waals surface area contributed by atoms with Crippen LogP contribution in [0.2, 0.25) is 0 Å². The maximum Gasteiger partial charge on any atom is 0.123 e. The highest BCUT2D eigenvalue weighted by Crippen LogP contribution is 2.32. The Kier molecular flexibility index (Phi) is 2.79. The first-order chi connectivity index (χ1) is 7.70. The average Bonchev–Trinajstić information content (AvgIpc) is 2.32. The second-order valence-corrected chi connectivity index (χ2v) is 3.56. The summed E-state index contributed by atoms with van der Waals surface area (Å²) in [6, 6.07) is 11.5. The van der Waals surface area contributed by atoms with Gasteiger partial charge in [-0.25, -0.2) is 0 Å². The van der Waals surface area contributed by atoms with Gasteiger partial charge in [0, 0.05) is 5.56 Å². The molecule has 82 valence electrons. The van der Waals surface area contributed by atoms with Crippen LogP contribution < -0.4 is 0 Å². The van der Waals surface area contributed by atoms with Gasteiger partial charge in [-0.2, -0.15) is 0 Å². The van der Waals surface area contributed by atoms with Gasteiger partial charge < -0.3 is 15.3 Å². The van der Waals surface area contributed by atoms with Crippen LogP contribution in [0.25, 0.3) is 11.1 Å². The molecule has 0 saturated heterocycles. The van der Waals surface area contributed by atoms with Gasteiger partial charge in [0.05, 0.1) is 6.61 Å². The highest BCUT2D eigenvalue weighted by atomic mass is 16.3. The molecule has 0 atom stereocenters. The topological polar surface area (TPSA) is 60.7 Å². The molecule has 0 aromatic heterocycles. The van der Waals surface area contributed by atoms with Crippen molar-refractivity contribution >= 4 is 0 Å². The summed E-state index contributed by atoms with van der Waals surface area (Å²) >= 11 is 0. The van der Waals surface area contributed by atoms with E-state index in [1.165, 1.54) is 18.2 Å². The smallest absolute Gasteiger partial charge is 0.123 e. The Labute approximate surface area is 93.2 Å². The number of phenolic OH excluding ortho intramolecular Hbond substituents is 2. The first-order valence-corrected chi connectivity index (χ1v) is 4.93. The second-order valence-electron chi connectivity index (χ2n) is 3.56. The fourth-order valence-electron chi connectivity index (χ4n) is 1.54. The Morgan fingerprint density at radius 1 is 0.875 bits per heavy atom. The van der Waals surface area contributed by atoms with Crippen LogP contribution >= 0.6 is 0 Å². The summed E-state index contributed by atoms with van der Waals surface area (Å²) in [5, 5.41) is 27.9. The zero-order valence-corrected chi connectivity index (χ0v) is 8.59. The van der Waals surface area contributed by atoms with Crippen LogP contribution in [0.5, 0.6) is 11.5 Å². The molecule has 0 radical (unpaired) electrons. The van der Waals surface area contributed by atoms with Crippen molar-refractivity contribution in [3.8, 4) is 22.6 Å². The average molecular weight is 216 g/mol. The van der Waals surface area contributed by atoms with E-state index >= 15 is 0 Å². The van der Waals surface area contributed by atoms with Crippen molar-refractivity contribution in [1.29, 1.82) is 0 Å². The highest BCUT2D eigenvalue weighted by Gasteiger charge is 2.05. The van der Waals surface area contributed by atoms with Crippen LogP contribution in [0.4, 0.5) is 0 Å². The molecule has 0 aliphatic heterocycles. The monoisotopic (exact) mass is 216 g/mol. The van der Waals surface area contributed by atoms with E-state index in [1.807, 2.05) is 0 Å². The van der Waals surface area contributed by atoms with Gasteiger partial charge in [-0.15, -0.1) is 0 Å². The van der Waals surface area contributed by atoms with Crippen LogP contribution in [-0.4, -0.2) is 15.3 Å². The molecule has 16 heavy (non-hydrogen) atoms. The van der Waals surface area contributed by atoms with Crippen molar-refractivity contribution in [2.45, 2.75) is 6.61 Å². The summed E-state index contributed by atoms with van der Waals surface area (Å²) in [4.78, 5) is 0. The molecule has 0 aliphatic carbocycles. The molecule has 0 heterocycles. The number of hydrogen-bond acceptors (Lipinski definition) is 3. The zero-order valence-electron chi connectivity index (χ0n) is 8.59. The number of phenols is 2. The summed E-state index contributed by atoms with van der Waals surface area (Å²) < 4.78 is 0. The van der Waals surface area contributed by atoms with Crippen molar-refractivity contribution in [1.82, 2.24) is 0 Å². The number of hydrogen-bond donors (Lipinski definition) is 3. The molecule has 3 heteroatoms. The Hall–Kier alpha value is -2.00. The summed E-state index contributed by atoms with van der Waals surface area (Å²) in [7, 11) is 0. The first-order valence-electron chi connectivity index (χ1n) is 4.93. The molecular formula is C13H12O3. The number of rotatable bonds is 2. The van der Waals surface area contributed by atoms with Crippen molar-refractivity contribution in [2.75, 3.05) is 0 Å². The maximum absolute atomic E-state index is 9.65. The van der Waals surface area contributed by atoms with Gasteiger partial charge in [-0.05, 0) is 29.3 Å². The van der Waals surface area contributed by atoms with Gasteiger partial charge in [0.1, 0.15) is 11.5 Å². The van der Waals surface area contributed by atoms with Gasteiger partial charge in [0.2, 0.25) is 0 Å². The van der Waals surface area contributed by atoms with E-state index in [1.54, 1.807) is 24.3 Å². The van der Waals surface area contributed by atoms with Crippen LogP contribution in [-0.2, 0) is 6.61 Å². The number of benzene rings is 2. The molecule has 3 N–H and O–H groups in total. The van der Waals surface area contributed by atoms with Crippen molar-refractivity contribution < 1.29 is 15.3 Å². The quantitative estimate of drug-likeness (QED) is 0.675. The minimum atomic E-state index is -0.00764. The third-order valence-corrected chi connectivity index (χ3v) is 2.43. The van der Waals surface area contributed by atoms with Gasteiger partial charge in [0.25, 0.3) is 0 Å². The summed E-state index contributed by atoms with van der Waals surface area (Å²) in [6.45, 7) is -0.00764. The van der Waals surface area contributed by atoms with Crippen LogP contribution in [0, 0.1) is 0 Å². The van der Waals surface area contributed by atoms with Gasteiger partial charge >= 0.3 is 0 Å². The molecule has 0 unspecified atom stereocenters. The molecule has 2 rings (SSSR count). The van der Waals surface area contributed by atoms with E-state index in [0.29, 0.717) is 5.56 Å². The highest BCUT2D eigenvalue weighted by molar-refractivity contribution is 5.71. The Balaban J connectivity index is 2.45.